The van der Waals surface area contributed by atoms with Crippen molar-refractivity contribution >= 4 is 127 Å². The van der Waals surface area contributed by atoms with Gasteiger partial charge in [-0.15, -0.1) is 34.8 Å². The van der Waals surface area contributed by atoms with Crippen molar-refractivity contribution in [1.82, 2.24) is 0 Å². The van der Waals surface area contributed by atoms with E-state index in [1.165, 1.54) is 54.6 Å². The second-order valence-corrected chi connectivity index (χ2v) is 17.0. The van der Waals surface area contributed by atoms with E-state index >= 15 is 0 Å². The van der Waals surface area contributed by atoms with E-state index < -0.39 is 47.3 Å². The van der Waals surface area contributed by atoms with Crippen LogP contribution in [0.4, 0.5) is 34.1 Å². The fourth-order valence-electron chi connectivity index (χ4n) is 6.53. The molecule has 70 heavy (non-hydrogen) atoms. The first-order valence-corrected chi connectivity index (χ1v) is 23.9. The van der Waals surface area contributed by atoms with Crippen LogP contribution in [0, 0.1) is 0 Å². The number of Topliss-reactive ketones (excluding diaryl/α,β-unsaturated/α-hetero) is 2. The fourth-order valence-corrected chi connectivity index (χ4v) is 7.50. The summed E-state index contributed by atoms with van der Waals surface area (Å²) >= 11 is 30.9. The monoisotopic (exact) mass is 1050 g/mol. The molecule has 5 rings (SSSR count). The second kappa shape index (κ2) is 26.5. The number of halogens is 5. The Hall–Kier alpha value is -6.43. The molecular weight excluding hydrogens is 1010 g/mol. The number of nitrogens with one attached hydrogen (secondary N) is 4. The van der Waals surface area contributed by atoms with Crippen LogP contribution < -0.4 is 30.7 Å². The third-order valence-electron chi connectivity index (χ3n) is 9.86. The highest BCUT2D eigenvalue weighted by Gasteiger charge is 2.26. The summed E-state index contributed by atoms with van der Waals surface area (Å²) < 4.78 is 11.3. The Labute approximate surface area is 428 Å². The van der Waals surface area contributed by atoms with Gasteiger partial charge in [0, 0.05) is 63.6 Å². The molecule has 0 heterocycles. The fraction of sp³-hybridized carbons (Fsp3) is 0.265. The van der Waals surface area contributed by atoms with Crippen molar-refractivity contribution in [3.05, 3.63) is 129 Å². The summed E-state index contributed by atoms with van der Waals surface area (Å²) in [5.41, 5.74) is 3.72. The molecule has 0 fully saturated rings. The number of carbonyl (C=O) groups is 6. The molecule has 0 aliphatic carbocycles. The molecule has 2 atom stereocenters. The van der Waals surface area contributed by atoms with Crippen molar-refractivity contribution < 1.29 is 38.2 Å². The van der Waals surface area contributed by atoms with Gasteiger partial charge in [-0.25, -0.2) is 0 Å². The van der Waals surface area contributed by atoms with Crippen molar-refractivity contribution in [2.24, 2.45) is 20.5 Å². The number of benzene rings is 5. The number of hydrogen-bond donors (Lipinski definition) is 4. The Bertz CT molecular complexity index is 2780. The lowest BCUT2D eigenvalue weighted by molar-refractivity contribution is -0.127. The first kappa shape index (κ1) is 54.5. The minimum absolute atomic E-state index is 0.0152. The minimum Gasteiger partial charge on any atom is -0.494 e. The minimum atomic E-state index is -1.64. The molecule has 21 heteroatoms. The number of anilines is 4. The summed E-state index contributed by atoms with van der Waals surface area (Å²) in [7, 11) is 0. The van der Waals surface area contributed by atoms with E-state index in [0.717, 1.165) is 25.0 Å². The molecule has 0 bridgehead atoms. The highest BCUT2D eigenvalue weighted by Crippen LogP contribution is 2.31. The van der Waals surface area contributed by atoms with Crippen molar-refractivity contribution in [1.29, 1.82) is 0 Å². The van der Waals surface area contributed by atoms with Crippen molar-refractivity contribution in [2.45, 2.75) is 58.5 Å². The molecule has 0 saturated carbocycles. The average Bonchev–Trinajstić information content (AvgIpc) is 3.30. The molecule has 5 aromatic rings. The Balaban J connectivity index is 1.26. The van der Waals surface area contributed by atoms with Crippen LogP contribution in [0.15, 0.2) is 111 Å². The van der Waals surface area contributed by atoms with Gasteiger partial charge in [0.25, 0.3) is 23.6 Å². The predicted octanol–water partition coefficient (Wildman–Crippen LogP) is 12.0. The molecule has 366 valence electrons. The van der Waals surface area contributed by atoms with Crippen LogP contribution in [0.2, 0.25) is 10.0 Å². The van der Waals surface area contributed by atoms with Crippen LogP contribution in [-0.4, -0.2) is 72.3 Å². The molecule has 0 aliphatic rings. The smallest absolute Gasteiger partial charge is 0.258 e. The number of nitrogens with zero attached hydrogens (tertiary/aromatic N) is 4. The molecule has 0 aromatic heterocycles. The van der Waals surface area contributed by atoms with Gasteiger partial charge in [0.05, 0.1) is 23.3 Å². The Kier molecular flexibility index (Phi) is 20.7. The van der Waals surface area contributed by atoms with Gasteiger partial charge in [-0.1, -0.05) is 23.2 Å². The third-order valence-corrected chi connectivity index (χ3v) is 11.2. The summed E-state index contributed by atoms with van der Waals surface area (Å²) in [4.78, 5) is 78.9. The summed E-state index contributed by atoms with van der Waals surface area (Å²) in [5, 5.41) is 27.1. The van der Waals surface area contributed by atoms with E-state index in [0.29, 0.717) is 66.3 Å². The lowest BCUT2D eigenvalue weighted by Gasteiger charge is -2.15. The van der Waals surface area contributed by atoms with Gasteiger partial charge in [0.2, 0.25) is 12.1 Å². The zero-order valence-corrected chi connectivity index (χ0v) is 42.0. The van der Waals surface area contributed by atoms with E-state index in [4.69, 9.17) is 67.5 Å². The van der Waals surface area contributed by atoms with Crippen LogP contribution in [0.1, 0.15) is 65.1 Å². The van der Waals surface area contributed by atoms with Crippen LogP contribution in [0.5, 0.6) is 11.5 Å². The molecular formula is C49H47Cl5N8O8. The maximum Gasteiger partial charge on any atom is 0.258 e. The van der Waals surface area contributed by atoms with Crippen molar-refractivity contribution in [3.8, 4) is 11.5 Å². The van der Waals surface area contributed by atoms with Crippen LogP contribution >= 0.6 is 58.0 Å². The predicted molar refractivity (Wildman–Crippen MR) is 274 cm³/mol. The van der Waals surface area contributed by atoms with E-state index in [2.05, 4.69) is 41.7 Å². The third kappa shape index (κ3) is 15.5. The van der Waals surface area contributed by atoms with Crippen LogP contribution in [0.3, 0.4) is 0 Å². The molecule has 0 aliphatic heterocycles. The van der Waals surface area contributed by atoms with Gasteiger partial charge in [-0.2, -0.15) is 20.5 Å². The van der Waals surface area contributed by atoms with E-state index in [1.807, 2.05) is 26.0 Å². The zero-order chi connectivity index (χ0) is 50.9. The van der Waals surface area contributed by atoms with Crippen molar-refractivity contribution in [2.75, 3.05) is 46.2 Å². The van der Waals surface area contributed by atoms with Crippen molar-refractivity contribution in [3.63, 3.8) is 0 Å². The van der Waals surface area contributed by atoms with E-state index in [9.17, 15) is 28.8 Å². The first-order valence-electron chi connectivity index (χ1n) is 21.6. The number of hydrogen-bond acceptors (Lipinski definition) is 12. The molecule has 4 N–H and O–H groups in total. The number of aryl methyl sites for hydroxylation is 2. The number of azo groups is 2. The topological polar surface area (TPSA) is 218 Å². The lowest BCUT2D eigenvalue weighted by atomic mass is 10.1. The highest BCUT2D eigenvalue weighted by molar-refractivity contribution is 6.33. The molecule has 0 radical (unpaired) electrons. The van der Waals surface area contributed by atoms with Crippen LogP contribution in [0.25, 0.3) is 0 Å². The van der Waals surface area contributed by atoms with Gasteiger partial charge in [-0.05, 0) is 136 Å². The number of amides is 4. The SMILES string of the molecule is CCOc1cc(CCCl)cc(NC(=O)c2ccc(Cl)c(N=NC(C(C)=O)C(=O)Nc3ccc(NC(=O)C(N=Nc4cc(C(=O)Nc5cc(CCCl)cc(OCC)c5)ccc4Cl)C(C)=O)c(CCl)c3)c2)c1. The molecule has 4 amide bonds. The van der Waals surface area contributed by atoms with Gasteiger partial charge >= 0.3 is 0 Å². The summed E-state index contributed by atoms with van der Waals surface area (Å²) in [6, 6.07) is 20.2. The van der Waals surface area contributed by atoms with Gasteiger partial charge in [0.1, 0.15) is 22.9 Å². The van der Waals surface area contributed by atoms with E-state index in [-0.39, 0.29) is 49.8 Å². The average molecular weight is 1050 g/mol. The summed E-state index contributed by atoms with van der Waals surface area (Å²) in [5.74, 6) is -2.32. The lowest BCUT2D eigenvalue weighted by Crippen LogP contribution is -2.32. The van der Waals surface area contributed by atoms with Crippen LogP contribution in [-0.2, 0) is 37.9 Å². The highest BCUT2D eigenvalue weighted by atomic mass is 35.5. The van der Waals surface area contributed by atoms with Gasteiger partial charge in [-0.3, -0.25) is 28.8 Å². The van der Waals surface area contributed by atoms with Gasteiger partial charge < -0.3 is 30.7 Å². The normalized spacial score (nSPS) is 12.0. The number of carbonyl (C=O) groups excluding carboxylic acids is 6. The maximum absolute atomic E-state index is 13.5. The zero-order valence-electron chi connectivity index (χ0n) is 38.2. The quantitative estimate of drug-likeness (QED) is 0.0279. The number of alkyl halides is 3. The second-order valence-electron chi connectivity index (χ2n) is 15.2. The summed E-state index contributed by atoms with van der Waals surface area (Å²) in [6.07, 6.45) is 1.11. The number of rotatable bonds is 23. The molecule has 0 spiro atoms. The molecule has 5 aromatic carbocycles. The first-order chi connectivity index (χ1) is 33.5. The molecule has 16 nitrogen and oxygen atoms in total. The molecule has 0 saturated heterocycles. The Morgan fingerprint density at radius 2 is 1.00 bits per heavy atom. The van der Waals surface area contributed by atoms with E-state index in [1.54, 1.807) is 24.3 Å². The standard InChI is InChI=1S/C49H47Cl5N8O8/c1-5-69-37-19-29(13-15-50)17-35(24-37)56-46(65)31-7-10-39(53)42(22-31)59-61-44(27(3)63)48(67)55-34-9-12-41(33(21-34)26-52)58-49(68)45(28(4)64)62-60-43-23-32(8-11-40(43)54)47(66)57-36-18-30(14-16-51)20-38(25-36)70-6-2/h7-12,17-25,44-45H,5-6,13-16,26H2,1-4H3,(H,55,67)(H,56,65)(H,57,66)(H,58,68). The number of ether oxygens (including phenoxy) is 2. The largest absolute Gasteiger partial charge is 0.494 e. The molecule has 2 unspecified atom stereocenters. The number of ketones is 2. The Morgan fingerprint density at radius 1 is 0.543 bits per heavy atom. The Morgan fingerprint density at radius 3 is 1.41 bits per heavy atom. The maximum atomic E-state index is 13.5. The van der Waals surface area contributed by atoms with Gasteiger partial charge in [0.15, 0.2) is 11.6 Å². The summed E-state index contributed by atoms with van der Waals surface area (Å²) in [6.45, 7) is 6.84.